The smallest absolute Gasteiger partial charge is 0.0645 e. The van der Waals surface area contributed by atoms with E-state index in [1.807, 2.05) is 12.1 Å². The highest BCUT2D eigenvalue weighted by Crippen LogP contribution is 2.33. The Morgan fingerprint density at radius 3 is 1.94 bits per heavy atom. The lowest BCUT2D eigenvalue weighted by molar-refractivity contribution is 1.17. The molecule has 1 unspecified atom stereocenters. The summed E-state index contributed by atoms with van der Waals surface area (Å²) in [5, 5.41) is 1.31. The monoisotopic (exact) mass is 328 g/mol. The van der Waals surface area contributed by atoms with E-state index in [9.17, 15) is 0 Å². The molecule has 0 saturated carbocycles. The molecule has 0 spiro atoms. The summed E-state index contributed by atoms with van der Waals surface area (Å²) < 4.78 is 0. The van der Waals surface area contributed by atoms with E-state index in [4.69, 9.17) is 23.2 Å². The van der Waals surface area contributed by atoms with Crippen molar-refractivity contribution in [1.29, 1.82) is 0 Å². The Kier molecular flexibility index (Phi) is 4.13. The standard InChI is InChI=1S/C14H11BrCl2/c1-9-2-4-10(5-3-9)14(15)11-6-12(16)8-13(17)7-11/h2-8,14H,1H3. The molecule has 88 valence electrons. The lowest BCUT2D eigenvalue weighted by atomic mass is 10.0. The molecule has 0 nitrogen and oxygen atoms in total. The minimum absolute atomic E-state index is 0.110. The van der Waals surface area contributed by atoms with E-state index in [2.05, 4.69) is 47.1 Å². The fourth-order valence-corrected chi connectivity index (χ4v) is 2.76. The molecule has 0 aliphatic carbocycles. The molecule has 0 heterocycles. The summed E-state index contributed by atoms with van der Waals surface area (Å²) in [6.07, 6.45) is 0. The van der Waals surface area contributed by atoms with Crippen molar-refractivity contribution in [2.45, 2.75) is 11.8 Å². The highest BCUT2D eigenvalue weighted by Gasteiger charge is 2.11. The summed E-state index contributed by atoms with van der Waals surface area (Å²) in [5.74, 6) is 0. The second kappa shape index (κ2) is 5.43. The van der Waals surface area contributed by atoms with Crippen molar-refractivity contribution in [3.8, 4) is 0 Å². The number of hydrogen-bond donors (Lipinski definition) is 0. The van der Waals surface area contributed by atoms with Crippen LogP contribution in [0, 0.1) is 6.92 Å². The van der Waals surface area contributed by atoms with Gasteiger partial charge in [0.2, 0.25) is 0 Å². The second-order valence-electron chi connectivity index (χ2n) is 3.98. The van der Waals surface area contributed by atoms with Gasteiger partial charge in [-0.1, -0.05) is 69.0 Å². The summed E-state index contributed by atoms with van der Waals surface area (Å²) >= 11 is 15.7. The highest BCUT2D eigenvalue weighted by molar-refractivity contribution is 9.09. The second-order valence-corrected chi connectivity index (χ2v) is 5.76. The van der Waals surface area contributed by atoms with Gasteiger partial charge in [0, 0.05) is 10.0 Å². The summed E-state index contributed by atoms with van der Waals surface area (Å²) in [5.41, 5.74) is 3.50. The van der Waals surface area contributed by atoms with E-state index in [0.717, 1.165) is 5.56 Å². The van der Waals surface area contributed by atoms with Crippen LogP contribution in [0.15, 0.2) is 42.5 Å². The predicted octanol–water partition coefficient (Wildman–Crippen LogP) is 5.79. The maximum Gasteiger partial charge on any atom is 0.0645 e. The lowest BCUT2D eigenvalue weighted by Crippen LogP contribution is -1.92. The number of halogens is 3. The first kappa shape index (κ1) is 12.9. The van der Waals surface area contributed by atoms with Crippen molar-refractivity contribution >= 4 is 39.1 Å². The van der Waals surface area contributed by atoms with E-state index in [0.29, 0.717) is 10.0 Å². The van der Waals surface area contributed by atoms with Crippen LogP contribution in [0.2, 0.25) is 10.0 Å². The summed E-state index contributed by atoms with van der Waals surface area (Å²) in [6.45, 7) is 2.07. The Bertz CT molecular complexity index is 500. The Labute approximate surface area is 120 Å². The number of aryl methyl sites for hydroxylation is 1. The Hall–Kier alpha value is -0.500. The zero-order valence-electron chi connectivity index (χ0n) is 9.25. The molecule has 17 heavy (non-hydrogen) atoms. The maximum absolute atomic E-state index is 6.00. The SMILES string of the molecule is Cc1ccc(C(Br)c2cc(Cl)cc(Cl)c2)cc1. The van der Waals surface area contributed by atoms with Crippen molar-refractivity contribution < 1.29 is 0 Å². The first-order valence-electron chi connectivity index (χ1n) is 5.23. The molecule has 0 bridgehead atoms. The minimum atomic E-state index is 0.110. The molecule has 0 radical (unpaired) electrons. The number of hydrogen-bond acceptors (Lipinski definition) is 0. The van der Waals surface area contributed by atoms with Gasteiger partial charge >= 0.3 is 0 Å². The third-order valence-corrected chi connectivity index (χ3v) is 4.04. The first-order chi connectivity index (χ1) is 8.06. The Morgan fingerprint density at radius 2 is 1.41 bits per heavy atom. The molecule has 0 amide bonds. The number of benzene rings is 2. The summed E-state index contributed by atoms with van der Waals surface area (Å²) in [4.78, 5) is 0.110. The van der Waals surface area contributed by atoms with Gasteiger partial charge < -0.3 is 0 Å². The largest absolute Gasteiger partial charge is 0.0843 e. The van der Waals surface area contributed by atoms with Crippen LogP contribution in [0.3, 0.4) is 0 Å². The van der Waals surface area contributed by atoms with Crippen LogP contribution in [0.4, 0.5) is 0 Å². The number of rotatable bonds is 2. The molecule has 0 saturated heterocycles. The van der Waals surface area contributed by atoms with Crippen molar-refractivity contribution in [1.82, 2.24) is 0 Å². The molecule has 0 aliphatic rings. The van der Waals surface area contributed by atoms with Crippen LogP contribution >= 0.6 is 39.1 Å². The molecule has 1 atom stereocenters. The van der Waals surface area contributed by atoms with Gasteiger partial charge in [-0.3, -0.25) is 0 Å². The third kappa shape index (κ3) is 3.25. The van der Waals surface area contributed by atoms with E-state index >= 15 is 0 Å². The third-order valence-electron chi connectivity index (χ3n) is 2.55. The quantitative estimate of drug-likeness (QED) is 0.612. The normalized spacial score (nSPS) is 12.5. The van der Waals surface area contributed by atoms with E-state index in [1.165, 1.54) is 11.1 Å². The van der Waals surface area contributed by atoms with Crippen LogP contribution in [-0.2, 0) is 0 Å². The first-order valence-corrected chi connectivity index (χ1v) is 6.90. The topological polar surface area (TPSA) is 0 Å². The van der Waals surface area contributed by atoms with E-state index in [-0.39, 0.29) is 4.83 Å². The molecule has 2 rings (SSSR count). The lowest BCUT2D eigenvalue weighted by Gasteiger charge is -2.12. The molecule has 2 aromatic rings. The van der Waals surface area contributed by atoms with Gasteiger partial charge in [-0.05, 0) is 36.2 Å². The average molecular weight is 330 g/mol. The van der Waals surface area contributed by atoms with Crippen molar-refractivity contribution in [3.63, 3.8) is 0 Å². The van der Waals surface area contributed by atoms with Crippen molar-refractivity contribution in [3.05, 3.63) is 69.2 Å². The van der Waals surface area contributed by atoms with Gasteiger partial charge in [-0.25, -0.2) is 0 Å². The molecular formula is C14H11BrCl2. The Morgan fingerprint density at radius 1 is 0.882 bits per heavy atom. The van der Waals surface area contributed by atoms with Crippen LogP contribution in [-0.4, -0.2) is 0 Å². The van der Waals surface area contributed by atoms with Crippen LogP contribution in [0.25, 0.3) is 0 Å². The zero-order valence-corrected chi connectivity index (χ0v) is 12.4. The summed E-state index contributed by atoms with van der Waals surface area (Å²) in [7, 11) is 0. The molecule has 0 fully saturated rings. The maximum atomic E-state index is 6.00. The molecule has 2 aromatic carbocycles. The van der Waals surface area contributed by atoms with E-state index < -0.39 is 0 Å². The van der Waals surface area contributed by atoms with Gasteiger partial charge in [0.15, 0.2) is 0 Å². The van der Waals surface area contributed by atoms with Gasteiger partial charge in [-0.15, -0.1) is 0 Å². The van der Waals surface area contributed by atoms with Gasteiger partial charge in [-0.2, -0.15) is 0 Å². The molecule has 0 aliphatic heterocycles. The zero-order chi connectivity index (χ0) is 12.4. The van der Waals surface area contributed by atoms with Gasteiger partial charge in [0.05, 0.1) is 4.83 Å². The molecular weight excluding hydrogens is 319 g/mol. The van der Waals surface area contributed by atoms with Crippen molar-refractivity contribution in [2.75, 3.05) is 0 Å². The van der Waals surface area contributed by atoms with Gasteiger partial charge in [0.25, 0.3) is 0 Å². The molecule has 0 N–H and O–H groups in total. The number of alkyl halides is 1. The van der Waals surface area contributed by atoms with E-state index in [1.54, 1.807) is 6.07 Å². The fraction of sp³-hybridized carbons (Fsp3) is 0.143. The Balaban J connectivity index is 2.36. The highest BCUT2D eigenvalue weighted by atomic mass is 79.9. The van der Waals surface area contributed by atoms with Gasteiger partial charge in [0.1, 0.15) is 0 Å². The van der Waals surface area contributed by atoms with Crippen LogP contribution in [0.1, 0.15) is 21.5 Å². The molecule has 0 aromatic heterocycles. The summed E-state index contributed by atoms with van der Waals surface area (Å²) in [6, 6.07) is 14.0. The molecule has 3 heteroatoms. The van der Waals surface area contributed by atoms with Crippen LogP contribution < -0.4 is 0 Å². The minimum Gasteiger partial charge on any atom is -0.0843 e. The fourth-order valence-electron chi connectivity index (χ4n) is 1.65. The average Bonchev–Trinajstić information content (AvgIpc) is 2.28. The van der Waals surface area contributed by atoms with Crippen molar-refractivity contribution in [2.24, 2.45) is 0 Å². The van der Waals surface area contributed by atoms with Crippen LogP contribution in [0.5, 0.6) is 0 Å². The predicted molar refractivity (Wildman–Crippen MR) is 78.4 cm³/mol.